The van der Waals surface area contributed by atoms with E-state index < -0.39 is 5.25 Å². The Morgan fingerprint density at radius 3 is 2.76 bits per heavy atom. The first kappa shape index (κ1) is 22.7. The van der Waals surface area contributed by atoms with E-state index in [1.165, 1.54) is 28.0 Å². The van der Waals surface area contributed by atoms with Gasteiger partial charge in [0, 0.05) is 18.0 Å². The van der Waals surface area contributed by atoms with Crippen LogP contribution in [-0.4, -0.2) is 59.1 Å². The number of nitrogens with one attached hydrogen (secondary N) is 1. The van der Waals surface area contributed by atoms with Crippen molar-refractivity contribution in [2.45, 2.75) is 29.9 Å². The van der Waals surface area contributed by atoms with Gasteiger partial charge in [-0.2, -0.15) is 0 Å². The van der Waals surface area contributed by atoms with Crippen LogP contribution >= 0.6 is 23.1 Å². The van der Waals surface area contributed by atoms with Crippen LogP contribution in [-0.2, 0) is 14.4 Å². The van der Waals surface area contributed by atoms with Crippen molar-refractivity contribution in [2.24, 2.45) is 0 Å². The van der Waals surface area contributed by atoms with Gasteiger partial charge in [0.25, 0.3) is 5.91 Å². The molecule has 1 saturated heterocycles. The lowest BCUT2D eigenvalue weighted by Gasteiger charge is -2.34. The SMILES string of the molecule is CCOc1ccc2nc(NC(=O)CN3C(=O)C(C(=O)N4CCCC4)Sc4ccccc43)sc2c1. The summed E-state index contributed by atoms with van der Waals surface area (Å²) in [6.07, 6.45) is 1.91. The van der Waals surface area contributed by atoms with Crippen LogP contribution < -0.4 is 15.0 Å². The van der Waals surface area contributed by atoms with Crippen LogP contribution in [0.25, 0.3) is 10.2 Å². The van der Waals surface area contributed by atoms with Gasteiger partial charge in [-0.25, -0.2) is 4.98 Å². The fourth-order valence-electron chi connectivity index (χ4n) is 4.16. The molecule has 2 aromatic carbocycles. The monoisotopic (exact) mass is 496 g/mol. The van der Waals surface area contributed by atoms with Crippen molar-refractivity contribution in [1.82, 2.24) is 9.88 Å². The lowest BCUT2D eigenvalue weighted by Crippen LogP contribution is -2.51. The van der Waals surface area contributed by atoms with Crippen LogP contribution in [0.3, 0.4) is 0 Å². The van der Waals surface area contributed by atoms with Crippen molar-refractivity contribution in [1.29, 1.82) is 0 Å². The lowest BCUT2D eigenvalue weighted by molar-refractivity contribution is -0.134. The lowest BCUT2D eigenvalue weighted by atomic mass is 10.2. The third-order valence-corrected chi connectivity index (χ3v) is 7.92. The van der Waals surface area contributed by atoms with Gasteiger partial charge in [-0.3, -0.25) is 14.4 Å². The molecule has 0 aliphatic carbocycles. The molecule has 1 fully saturated rings. The van der Waals surface area contributed by atoms with E-state index in [-0.39, 0.29) is 24.3 Å². The average Bonchev–Trinajstić information content (AvgIpc) is 3.50. The maximum absolute atomic E-state index is 13.4. The number of thiazole rings is 1. The van der Waals surface area contributed by atoms with Gasteiger partial charge in [0.1, 0.15) is 12.3 Å². The summed E-state index contributed by atoms with van der Waals surface area (Å²) in [5, 5.41) is 2.39. The zero-order valence-corrected chi connectivity index (χ0v) is 20.3. The first-order valence-electron chi connectivity index (χ1n) is 11.2. The summed E-state index contributed by atoms with van der Waals surface area (Å²) >= 11 is 2.61. The Bertz CT molecular complexity index is 1250. The molecule has 0 bridgehead atoms. The van der Waals surface area contributed by atoms with E-state index in [2.05, 4.69) is 10.3 Å². The summed E-state index contributed by atoms with van der Waals surface area (Å²) in [7, 11) is 0. The van der Waals surface area contributed by atoms with Crippen molar-refractivity contribution in [3.63, 3.8) is 0 Å². The molecule has 0 saturated carbocycles. The number of benzene rings is 2. The van der Waals surface area contributed by atoms with E-state index in [9.17, 15) is 14.4 Å². The van der Waals surface area contributed by atoms with Crippen molar-refractivity contribution in [3.8, 4) is 5.75 Å². The van der Waals surface area contributed by atoms with Crippen molar-refractivity contribution in [3.05, 3.63) is 42.5 Å². The molecule has 5 rings (SSSR count). The van der Waals surface area contributed by atoms with Gasteiger partial charge < -0.3 is 19.9 Å². The summed E-state index contributed by atoms with van der Waals surface area (Å²) in [6.45, 7) is 3.64. The first-order valence-corrected chi connectivity index (χ1v) is 12.9. The number of amides is 3. The maximum atomic E-state index is 13.4. The summed E-state index contributed by atoms with van der Waals surface area (Å²) in [6, 6.07) is 13.0. The fourth-order valence-corrected chi connectivity index (χ4v) is 6.26. The van der Waals surface area contributed by atoms with Crippen molar-refractivity contribution >= 4 is 61.9 Å². The minimum absolute atomic E-state index is 0.177. The molecule has 1 N–H and O–H groups in total. The molecule has 176 valence electrons. The second-order valence-corrected chi connectivity index (χ2v) is 10.2. The number of aromatic nitrogens is 1. The van der Waals surface area contributed by atoms with Gasteiger partial charge >= 0.3 is 0 Å². The van der Waals surface area contributed by atoms with Gasteiger partial charge in [-0.15, -0.1) is 11.8 Å². The summed E-state index contributed by atoms with van der Waals surface area (Å²) in [5.74, 6) is -0.158. The smallest absolute Gasteiger partial charge is 0.250 e. The molecule has 0 spiro atoms. The highest BCUT2D eigenvalue weighted by molar-refractivity contribution is 8.01. The predicted octanol–water partition coefficient (Wildman–Crippen LogP) is 3.76. The Kier molecular flexibility index (Phi) is 6.42. The molecule has 1 aromatic heterocycles. The van der Waals surface area contributed by atoms with E-state index in [1.807, 2.05) is 43.3 Å². The molecular weight excluding hydrogens is 472 g/mol. The topological polar surface area (TPSA) is 91.8 Å². The quantitative estimate of drug-likeness (QED) is 0.523. The number of hydrogen-bond donors (Lipinski definition) is 1. The summed E-state index contributed by atoms with van der Waals surface area (Å²) in [4.78, 5) is 47.8. The molecule has 2 aliphatic rings. The van der Waals surface area contributed by atoms with E-state index >= 15 is 0 Å². The largest absolute Gasteiger partial charge is 0.494 e. The highest BCUT2D eigenvalue weighted by Gasteiger charge is 2.41. The third kappa shape index (κ3) is 4.47. The van der Waals surface area contributed by atoms with Crippen LogP contribution in [0.2, 0.25) is 0 Å². The molecule has 10 heteroatoms. The van der Waals surface area contributed by atoms with Crippen molar-refractivity contribution < 1.29 is 19.1 Å². The van der Waals surface area contributed by atoms with Crippen LogP contribution in [0, 0.1) is 0 Å². The molecule has 8 nitrogen and oxygen atoms in total. The van der Waals surface area contributed by atoms with Crippen LogP contribution in [0.1, 0.15) is 19.8 Å². The second-order valence-electron chi connectivity index (χ2n) is 8.05. The zero-order chi connectivity index (χ0) is 23.7. The number of likely N-dealkylation sites (tertiary alicyclic amines) is 1. The second kappa shape index (κ2) is 9.63. The fraction of sp³-hybridized carbons (Fsp3) is 0.333. The van der Waals surface area contributed by atoms with E-state index in [4.69, 9.17) is 4.74 Å². The maximum Gasteiger partial charge on any atom is 0.250 e. The third-order valence-electron chi connectivity index (χ3n) is 5.75. The van der Waals surface area contributed by atoms with Gasteiger partial charge in [-0.05, 0) is 50.1 Å². The minimum Gasteiger partial charge on any atom is -0.494 e. The normalized spacial score (nSPS) is 17.7. The number of thioether (sulfide) groups is 1. The molecule has 2 aliphatic heterocycles. The number of hydrogen-bond acceptors (Lipinski definition) is 7. The molecule has 3 heterocycles. The van der Waals surface area contributed by atoms with E-state index in [0.717, 1.165) is 33.7 Å². The van der Waals surface area contributed by atoms with Crippen LogP contribution in [0.5, 0.6) is 5.75 Å². The number of carbonyl (C=O) groups is 3. The summed E-state index contributed by atoms with van der Waals surface area (Å²) in [5.41, 5.74) is 1.40. The molecule has 1 atom stereocenters. The highest BCUT2D eigenvalue weighted by atomic mass is 32.2. The minimum atomic E-state index is -0.875. The first-order chi connectivity index (χ1) is 16.5. The van der Waals surface area contributed by atoms with E-state index in [1.54, 1.807) is 11.0 Å². The number of ether oxygens (including phenoxy) is 1. The Labute approximate surface area is 205 Å². The van der Waals surface area contributed by atoms with Crippen molar-refractivity contribution in [2.75, 3.05) is 36.5 Å². The number of anilines is 2. The molecule has 3 amide bonds. The number of fused-ring (bicyclic) bond motifs is 2. The van der Waals surface area contributed by atoms with E-state index in [0.29, 0.717) is 30.5 Å². The van der Waals surface area contributed by atoms with Gasteiger partial charge in [0.2, 0.25) is 11.8 Å². The zero-order valence-electron chi connectivity index (χ0n) is 18.7. The Morgan fingerprint density at radius 1 is 1.18 bits per heavy atom. The molecule has 34 heavy (non-hydrogen) atoms. The Balaban J connectivity index is 1.34. The number of rotatable bonds is 6. The van der Waals surface area contributed by atoms with Gasteiger partial charge in [-0.1, -0.05) is 23.5 Å². The average molecular weight is 497 g/mol. The molecule has 3 aromatic rings. The van der Waals surface area contributed by atoms with Gasteiger partial charge in [0.05, 0.1) is 22.5 Å². The molecule has 0 radical (unpaired) electrons. The number of para-hydroxylation sites is 1. The molecule has 1 unspecified atom stereocenters. The number of nitrogens with zero attached hydrogens (tertiary/aromatic N) is 3. The standard InChI is InChI=1S/C24H24N4O4S2/c1-2-32-15-9-10-16-19(13-15)34-24(25-16)26-20(29)14-28-17-7-3-4-8-18(17)33-21(23(28)31)22(30)27-11-5-6-12-27/h3-4,7-10,13,21H,2,5-6,11-12,14H2,1H3,(H,25,26,29). The van der Waals surface area contributed by atoms with Gasteiger partial charge in [0.15, 0.2) is 10.4 Å². The number of carbonyl (C=O) groups excluding carboxylic acids is 3. The highest BCUT2D eigenvalue weighted by Crippen LogP contribution is 2.40. The Morgan fingerprint density at radius 2 is 1.97 bits per heavy atom. The van der Waals surface area contributed by atoms with Crippen LogP contribution in [0.4, 0.5) is 10.8 Å². The summed E-state index contributed by atoms with van der Waals surface area (Å²) < 4.78 is 6.43. The van der Waals surface area contributed by atoms with Crippen LogP contribution in [0.15, 0.2) is 47.4 Å². The predicted molar refractivity (Wildman–Crippen MR) is 134 cm³/mol. The Hall–Kier alpha value is -3.11. The molecular formula is C24H24N4O4S2.